The molecule has 332 valence electrons. The van der Waals surface area contributed by atoms with Gasteiger partial charge in [0.1, 0.15) is 11.6 Å². The molecule has 4 aliphatic rings. The highest BCUT2D eigenvalue weighted by molar-refractivity contribution is 5.97. The zero-order valence-corrected chi connectivity index (χ0v) is 36.2. The number of carbonyl (C=O) groups is 1. The molecule has 16 nitrogen and oxygen atoms in total. The summed E-state index contributed by atoms with van der Waals surface area (Å²) in [5, 5.41) is 18.7. The third-order valence-corrected chi connectivity index (χ3v) is 14.2. The first-order valence-electron chi connectivity index (χ1n) is 22.2. The second-order valence-corrected chi connectivity index (χ2v) is 18.8. The van der Waals surface area contributed by atoms with Gasteiger partial charge >= 0.3 is 11.4 Å². The normalized spacial score (nSPS) is 20.2. The molecular weight excluding hydrogens is 837 g/mol. The molecule has 18 heteroatoms. The molecule has 1 saturated heterocycles. The molecule has 8 heterocycles. The molecule has 0 spiro atoms. The number of amides is 1. The number of imidazole rings is 1. The Balaban J connectivity index is 0.994. The minimum Gasteiger partial charge on any atom is -0.376 e. The monoisotopic (exact) mass is 881 g/mol. The van der Waals surface area contributed by atoms with Gasteiger partial charge < -0.3 is 9.64 Å². The van der Waals surface area contributed by atoms with Crippen LogP contribution in [0.25, 0.3) is 33.6 Å². The number of aromatic amines is 1. The lowest BCUT2D eigenvalue weighted by Gasteiger charge is -2.35. The van der Waals surface area contributed by atoms with E-state index >= 15 is 13.6 Å². The van der Waals surface area contributed by atoms with Crippen LogP contribution >= 0.6 is 0 Å². The van der Waals surface area contributed by atoms with Gasteiger partial charge in [-0.1, -0.05) is 11.2 Å². The molecule has 0 unspecified atom stereocenters. The molecule has 8 aromatic rings. The molecule has 2 atom stereocenters. The number of carbonyl (C=O) groups excluding carboxylic acids is 1. The maximum Gasteiger partial charge on any atom is 0.438 e. The van der Waals surface area contributed by atoms with Gasteiger partial charge in [-0.05, 0) is 119 Å². The van der Waals surface area contributed by atoms with Crippen LogP contribution in [0.5, 0.6) is 0 Å². The highest BCUT2D eigenvalue weighted by Gasteiger charge is 2.54. The van der Waals surface area contributed by atoms with Crippen LogP contribution in [0.1, 0.15) is 121 Å². The Morgan fingerprint density at radius 3 is 2.51 bits per heavy atom. The van der Waals surface area contributed by atoms with Crippen molar-refractivity contribution >= 4 is 22.3 Å². The fraction of sp³-hybridized carbons (Fsp3) is 0.383. The number of fused-ring (bicyclic) bond motifs is 3. The molecule has 65 heavy (non-hydrogen) atoms. The van der Waals surface area contributed by atoms with E-state index in [2.05, 4.69) is 35.2 Å². The molecule has 1 N–H and O–H groups in total. The zero-order valence-electron chi connectivity index (χ0n) is 36.2. The van der Waals surface area contributed by atoms with Gasteiger partial charge in [0.15, 0.2) is 17.3 Å². The van der Waals surface area contributed by atoms with E-state index in [1.807, 2.05) is 19.2 Å². The van der Waals surface area contributed by atoms with Crippen molar-refractivity contribution in [2.24, 2.45) is 7.05 Å². The van der Waals surface area contributed by atoms with Crippen molar-refractivity contribution in [2.75, 3.05) is 13.2 Å². The third kappa shape index (κ3) is 6.12. The van der Waals surface area contributed by atoms with E-state index in [0.29, 0.717) is 71.1 Å². The molecule has 2 aromatic carbocycles. The molecule has 2 saturated carbocycles. The molecule has 0 bridgehead atoms. The highest BCUT2D eigenvalue weighted by atomic mass is 19.1. The average Bonchev–Trinajstić information content (AvgIpc) is 4.03. The van der Waals surface area contributed by atoms with E-state index in [-0.39, 0.29) is 52.5 Å². The number of nitrogens with zero attached hydrogens (tertiary/aromatic N) is 10. The Morgan fingerprint density at radius 1 is 0.954 bits per heavy atom. The van der Waals surface area contributed by atoms with Crippen molar-refractivity contribution < 1.29 is 22.8 Å². The van der Waals surface area contributed by atoms with Crippen LogP contribution in [0, 0.1) is 11.6 Å². The van der Waals surface area contributed by atoms with Crippen LogP contribution in [0.15, 0.2) is 81.4 Å². The fourth-order valence-corrected chi connectivity index (χ4v) is 10.6. The number of aryl methyl sites for hydroxylation is 1. The van der Waals surface area contributed by atoms with E-state index in [4.69, 9.17) is 19.5 Å². The smallest absolute Gasteiger partial charge is 0.376 e. The first-order valence-corrected chi connectivity index (χ1v) is 22.2. The first-order chi connectivity index (χ1) is 31.3. The van der Waals surface area contributed by atoms with Gasteiger partial charge in [-0.15, -0.1) is 0 Å². The Morgan fingerprint density at radius 2 is 1.75 bits per heavy atom. The van der Waals surface area contributed by atoms with Crippen molar-refractivity contribution in [3.8, 4) is 17.2 Å². The minimum atomic E-state index is -0.812. The first kappa shape index (κ1) is 39.6. The summed E-state index contributed by atoms with van der Waals surface area (Å²) in [5.74, 6) is -0.929. The van der Waals surface area contributed by atoms with Crippen LogP contribution < -0.4 is 11.4 Å². The SMILES string of the molecule is C[C@H]1c2c(nn(-c3ccc(F)c(C4CC4)c3)c2-n2ccn(-c3ccc4c(cnn4C)c3F)c2=O)CCN1C(=O)c1nn2cc([C@@H]3CCOC(C)(C)C3)ccc2c1C1(c2noc(=O)[nH]2)CC1. The van der Waals surface area contributed by atoms with Gasteiger partial charge in [-0.2, -0.15) is 15.3 Å². The summed E-state index contributed by atoms with van der Waals surface area (Å²) in [5.41, 5.74) is 4.03. The van der Waals surface area contributed by atoms with Crippen LogP contribution in [-0.4, -0.2) is 78.0 Å². The largest absolute Gasteiger partial charge is 0.438 e. The molecular formula is C47H45F2N11O5. The predicted octanol–water partition coefficient (Wildman–Crippen LogP) is 6.69. The Hall–Kier alpha value is -6.95. The average molecular weight is 882 g/mol. The standard InChI is InChI=1S/C47H45F2N11O5/c1-25-37-33(52-60(29-8-9-32(48)30(21-29)26-5-6-26)41(37)58-19-18-57(45(58)63)36-12-11-34-31(39(36)49)23-50-55(34)4)13-17-56(25)42(61)40-38(47(15-16-47)43-51-44(62)65-54-43)35-10-7-28(24-59(35)53-40)27-14-20-64-46(2,3)22-27/h7-12,18-19,21,23-27H,5-6,13-17,20,22H2,1-4H3,(H,51,54,62)/t25-,27+/m0/s1. The maximum absolute atomic E-state index is 16.1. The predicted molar refractivity (Wildman–Crippen MR) is 232 cm³/mol. The number of aromatic nitrogens is 10. The number of H-pyrrole nitrogens is 1. The summed E-state index contributed by atoms with van der Waals surface area (Å²) in [7, 11) is 1.72. The topological polar surface area (TPSA) is 168 Å². The number of ether oxygens (including phenoxy) is 1. The van der Waals surface area contributed by atoms with Crippen LogP contribution in [0.2, 0.25) is 0 Å². The number of benzene rings is 2. The van der Waals surface area contributed by atoms with Crippen LogP contribution in [-0.2, 0) is 23.6 Å². The number of nitrogens with one attached hydrogen (secondary N) is 1. The summed E-state index contributed by atoms with van der Waals surface area (Å²) < 4.78 is 50.0. The second kappa shape index (κ2) is 14.0. The second-order valence-electron chi connectivity index (χ2n) is 18.8. The highest BCUT2D eigenvalue weighted by Crippen LogP contribution is 2.55. The summed E-state index contributed by atoms with van der Waals surface area (Å²) in [6.45, 7) is 6.99. The third-order valence-electron chi connectivity index (χ3n) is 14.2. The summed E-state index contributed by atoms with van der Waals surface area (Å²) in [6.07, 6.45) is 11.5. The van der Waals surface area contributed by atoms with E-state index in [9.17, 15) is 9.59 Å². The van der Waals surface area contributed by atoms with Gasteiger partial charge in [0.05, 0.1) is 56.7 Å². The van der Waals surface area contributed by atoms with Crippen molar-refractivity contribution in [3.63, 3.8) is 0 Å². The number of pyridine rings is 1. The Kier molecular flexibility index (Phi) is 8.55. The number of hydrogen-bond donors (Lipinski definition) is 1. The summed E-state index contributed by atoms with van der Waals surface area (Å²) in [6, 6.07) is 11.5. The van der Waals surface area contributed by atoms with E-state index in [1.165, 1.54) is 27.6 Å². The van der Waals surface area contributed by atoms with Gasteiger partial charge in [-0.25, -0.2) is 27.6 Å². The van der Waals surface area contributed by atoms with E-state index < -0.39 is 28.7 Å². The molecule has 3 fully saturated rings. The Bertz CT molecular complexity index is 3390. The Labute approximate surface area is 369 Å². The molecule has 1 amide bonds. The van der Waals surface area contributed by atoms with Gasteiger partial charge in [0.2, 0.25) is 0 Å². The molecule has 12 rings (SSSR count). The van der Waals surface area contributed by atoms with Crippen molar-refractivity contribution in [1.82, 2.24) is 53.3 Å². The maximum atomic E-state index is 16.1. The van der Waals surface area contributed by atoms with E-state index in [0.717, 1.165) is 36.8 Å². The molecule has 0 radical (unpaired) electrons. The van der Waals surface area contributed by atoms with Gasteiger partial charge in [-0.3, -0.25) is 28.1 Å². The van der Waals surface area contributed by atoms with Crippen molar-refractivity contribution in [2.45, 2.75) is 94.6 Å². The van der Waals surface area contributed by atoms with Crippen molar-refractivity contribution in [3.05, 3.63) is 139 Å². The molecule has 2 aliphatic heterocycles. The summed E-state index contributed by atoms with van der Waals surface area (Å²) in [4.78, 5) is 46.9. The number of hydrogen-bond acceptors (Lipinski definition) is 9. The van der Waals surface area contributed by atoms with Gasteiger partial charge in [0.25, 0.3) is 5.91 Å². The minimum absolute atomic E-state index is 0.0439. The number of halogens is 2. The summed E-state index contributed by atoms with van der Waals surface area (Å²) >= 11 is 0. The zero-order chi connectivity index (χ0) is 44.7. The fourth-order valence-electron chi connectivity index (χ4n) is 10.6. The van der Waals surface area contributed by atoms with E-state index in [1.54, 1.807) is 56.3 Å². The lowest BCUT2D eigenvalue weighted by Crippen LogP contribution is -2.40. The van der Waals surface area contributed by atoms with Crippen molar-refractivity contribution in [1.29, 1.82) is 0 Å². The molecule has 6 aromatic heterocycles. The molecule has 2 aliphatic carbocycles. The lowest BCUT2D eigenvalue weighted by atomic mass is 9.84. The quantitative estimate of drug-likeness (QED) is 0.175. The van der Waals surface area contributed by atoms with Gasteiger partial charge in [0, 0.05) is 56.3 Å². The lowest BCUT2D eigenvalue weighted by molar-refractivity contribution is -0.0593. The van der Waals surface area contributed by atoms with Crippen LogP contribution in [0.4, 0.5) is 8.78 Å². The number of rotatable bonds is 8. The van der Waals surface area contributed by atoms with Crippen LogP contribution in [0.3, 0.4) is 0 Å².